The number of aromatic nitrogens is 1. The fourth-order valence-electron chi connectivity index (χ4n) is 1.71. The van der Waals surface area contributed by atoms with E-state index in [9.17, 15) is 5.11 Å². The van der Waals surface area contributed by atoms with Gasteiger partial charge in [0.15, 0.2) is 0 Å². The van der Waals surface area contributed by atoms with Crippen molar-refractivity contribution in [3.05, 3.63) is 59.9 Å². The minimum Gasteiger partial charge on any atom is -0.390 e. The topological polar surface area (TPSA) is 45.1 Å². The van der Waals surface area contributed by atoms with Crippen LogP contribution in [-0.2, 0) is 0 Å². The van der Waals surface area contributed by atoms with Gasteiger partial charge in [-0.05, 0) is 35.4 Å². The quantitative estimate of drug-likeness (QED) is 0.802. The average molecular weight is 289 g/mol. The number of anilines is 1. The predicted molar refractivity (Wildman–Crippen MR) is 84.8 cm³/mol. The monoisotopic (exact) mass is 288 g/mol. The van der Waals surface area contributed by atoms with Gasteiger partial charge < -0.3 is 10.4 Å². The third kappa shape index (κ3) is 4.68. The summed E-state index contributed by atoms with van der Waals surface area (Å²) in [5.41, 5.74) is 3.16. The number of halogens is 1. The molecule has 0 bridgehead atoms. The second-order valence-corrected chi connectivity index (χ2v) is 4.74. The molecule has 1 aromatic carbocycles. The second kappa shape index (κ2) is 7.68. The summed E-state index contributed by atoms with van der Waals surface area (Å²) in [5.74, 6) is 0.231. The van der Waals surface area contributed by atoms with Crippen molar-refractivity contribution in [3.63, 3.8) is 0 Å². The van der Waals surface area contributed by atoms with E-state index < -0.39 is 6.10 Å². The van der Waals surface area contributed by atoms with Crippen LogP contribution in [0.3, 0.4) is 0 Å². The number of rotatable bonds is 6. The van der Waals surface area contributed by atoms with Crippen LogP contribution >= 0.6 is 11.6 Å². The molecule has 2 rings (SSSR count). The maximum absolute atomic E-state index is 9.43. The maximum Gasteiger partial charge on any atom is 0.0847 e. The Bertz CT molecular complexity index is 557. The van der Waals surface area contributed by atoms with Crippen LogP contribution in [0.15, 0.2) is 48.8 Å². The highest BCUT2D eigenvalue weighted by Gasteiger charge is 2.01. The van der Waals surface area contributed by atoms with Gasteiger partial charge in [0.2, 0.25) is 0 Å². The van der Waals surface area contributed by atoms with Crippen LogP contribution in [0.2, 0.25) is 0 Å². The fourth-order valence-corrected chi connectivity index (χ4v) is 1.82. The van der Waals surface area contributed by atoms with E-state index in [1.54, 1.807) is 12.4 Å². The van der Waals surface area contributed by atoms with Crippen molar-refractivity contribution in [2.45, 2.75) is 6.10 Å². The highest BCUT2D eigenvalue weighted by Crippen LogP contribution is 2.13. The lowest BCUT2D eigenvalue weighted by atomic mass is 10.1. The molecule has 2 N–H and O–H groups in total. The highest BCUT2D eigenvalue weighted by atomic mass is 35.5. The van der Waals surface area contributed by atoms with Crippen LogP contribution in [0.5, 0.6) is 0 Å². The van der Waals surface area contributed by atoms with Gasteiger partial charge in [0.1, 0.15) is 0 Å². The molecule has 0 saturated carbocycles. The minimum atomic E-state index is -0.535. The van der Waals surface area contributed by atoms with Gasteiger partial charge in [0.25, 0.3) is 0 Å². The second-order valence-electron chi connectivity index (χ2n) is 4.43. The van der Waals surface area contributed by atoms with Gasteiger partial charge >= 0.3 is 0 Å². The van der Waals surface area contributed by atoms with Crippen LogP contribution < -0.4 is 5.32 Å². The van der Waals surface area contributed by atoms with Crippen LogP contribution in [0.25, 0.3) is 12.2 Å². The van der Waals surface area contributed by atoms with Crippen molar-refractivity contribution < 1.29 is 5.11 Å². The summed E-state index contributed by atoms with van der Waals surface area (Å²) >= 11 is 5.56. The first-order chi connectivity index (χ1) is 9.78. The van der Waals surface area contributed by atoms with E-state index in [4.69, 9.17) is 11.6 Å². The molecule has 0 radical (unpaired) electrons. The van der Waals surface area contributed by atoms with E-state index in [1.807, 2.05) is 48.6 Å². The molecule has 3 nitrogen and oxygen atoms in total. The normalized spacial score (nSPS) is 12.5. The number of alkyl halides is 1. The Labute approximate surface area is 123 Å². The van der Waals surface area contributed by atoms with Crippen molar-refractivity contribution in [1.29, 1.82) is 0 Å². The number of nitrogens with one attached hydrogen (secondary N) is 1. The van der Waals surface area contributed by atoms with Gasteiger partial charge in [0.05, 0.1) is 12.0 Å². The summed E-state index contributed by atoms with van der Waals surface area (Å²) in [6, 6.07) is 11.9. The zero-order chi connectivity index (χ0) is 14.2. The van der Waals surface area contributed by atoms with Gasteiger partial charge in [-0.3, -0.25) is 4.98 Å². The van der Waals surface area contributed by atoms with Crippen LogP contribution in [0, 0.1) is 0 Å². The van der Waals surface area contributed by atoms with Crippen molar-refractivity contribution in [1.82, 2.24) is 4.98 Å². The molecule has 104 valence electrons. The fraction of sp³-hybridized carbons (Fsp3) is 0.188. The SMILES string of the molecule is OC(CCl)CNc1cccc(C=Cc2ccncc2)c1. The van der Waals surface area contributed by atoms with E-state index in [-0.39, 0.29) is 5.88 Å². The highest BCUT2D eigenvalue weighted by molar-refractivity contribution is 6.18. The number of benzene rings is 1. The molecule has 0 aliphatic heterocycles. The predicted octanol–water partition coefficient (Wildman–Crippen LogP) is 3.26. The first kappa shape index (κ1) is 14.6. The van der Waals surface area contributed by atoms with E-state index in [0.717, 1.165) is 16.8 Å². The Kier molecular flexibility index (Phi) is 5.59. The molecule has 1 heterocycles. The Morgan fingerprint density at radius 3 is 2.65 bits per heavy atom. The number of aliphatic hydroxyl groups is 1. The standard InChI is InChI=1S/C16H17ClN2O/c17-11-16(20)12-19-15-3-1-2-14(10-15)5-4-13-6-8-18-9-7-13/h1-10,16,19-20H,11-12H2. The first-order valence-corrected chi connectivity index (χ1v) is 6.97. The van der Waals surface area contributed by atoms with Gasteiger partial charge in [-0.25, -0.2) is 0 Å². The Morgan fingerprint density at radius 2 is 1.90 bits per heavy atom. The summed E-state index contributed by atoms with van der Waals surface area (Å²) in [6.45, 7) is 0.445. The van der Waals surface area contributed by atoms with Crippen molar-refractivity contribution >= 4 is 29.4 Å². The van der Waals surface area contributed by atoms with E-state index >= 15 is 0 Å². The van der Waals surface area contributed by atoms with E-state index in [0.29, 0.717) is 6.54 Å². The molecule has 0 aliphatic carbocycles. The number of aliphatic hydroxyl groups excluding tert-OH is 1. The smallest absolute Gasteiger partial charge is 0.0847 e. The van der Waals surface area contributed by atoms with Gasteiger partial charge in [-0.1, -0.05) is 24.3 Å². The van der Waals surface area contributed by atoms with Crippen molar-refractivity contribution in [2.75, 3.05) is 17.7 Å². The Balaban J connectivity index is 2.01. The molecule has 2 aromatic rings. The summed E-state index contributed by atoms with van der Waals surface area (Å²) in [5, 5.41) is 12.6. The van der Waals surface area contributed by atoms with Crippen LogP contribution in [-0.4, -0.2) is 28.6 Å². The molecule has 0 fully saturated rings. The molecule has 0 spiro atoms. The number of pyridine rings is 1. The molecule has 4 heteroatoms. The molecule has 0 saturated heterocycles. The Morgan fingerprint density at radius 1 is 1.15 bits per heavy atom. The lowest BCUT2D eigenvalue weighted by Crippen LogP contribution is -2.20. The Hall–Kier alpha value is -1.84. The van der Waals surface area contributed by atoms with E-state index in [1.165, 1.54) is 0 Å². The summed E-state index contributed by atoms with van der Waals surface area (Å²) < 4.78 is 0. The molecule has 1 unspecified atom stereocenters. The zero-order valence-electron chi connectivity index (χ0n) is 11.0. The van der Waals surface area contributed by atoms with Crippen molar-refractivity contribution in [2.24, 2.45) is 0 Å². The van der Waals surface area contributed by atoms with Gasteiger partial charge in [0, 0.05) is 24.6 Å². The number of hydrogen-bond donors (Lipinski definition) is 2. The molecule has 20 heavy (non-hydrogen) atoms. The molecule has 0 aliphatic rings. The van der Waals surface area contributed by atoms with Crippen LogP contribution in [0.4, 0.5) is 5.69 Å². The molecule has 0 amide bonds. The summed E-state index contributed by atoms with van der Waals surface area (Å²) in [6.07, 6.45) is 7.08. The molecule has 1 atom stereocenters. The van der Waals surface area contributed by atoms with E-state index in [2.05, 4.69) is 10.3 Å². The first-order valence-electron chi connectivity index (χ1n) is 6.44. The molecular formula is C16H17ClN2O. The largest absolute Gasteiger partial charge is 0.390 e. The third-order valence-corrected chi connectivity index (χ3v) is 3.14. The van der Waals surface area contributed by atoms with Crippen molar-refractivity contribution in [3.8, 4) is 0 Å². The van der Waals surface area contributed by atoms with Crippen LogP contribution in [0.1, 0.15) is 11.1 Å². The lowest BCUT2D eigenvalue weighted by molar-refractivity contribution is 0.211. The summed E-state index contributed by atoms with van der Waals surface area (Å²) in [4.78, 5) is 3.99. The number of nitrogens with zero attached hydrogens (tertiary/aromatic N) is 1. The maximum atomic E-state index is 9.43. The third-order valence-electron chi connectivity index (χ3n) is 2.78. The van der Waals surface area contributed by atoms with Gasteiger partial charge in [-0.2, -0.15) is 0 Å². The minimum absolute atomic E-state index is 0.231. The number of hydrogen-bond acceptors (Lipinski definition) is 3. The zero-order valence-corrected chi connectivity index (χ0v) is 11.8. The average Bonchev–Trinajstić information content (AvgIpc) is 2.52. The lowest BCUT2D eigenvalue weighted by Gasteiger charge is -2.10. The van der Waals surface area contributed by atoms with Gasteiger partial charge in [-0.15, -0.1) is 11.6 Å². The molecule has 1 aromatic heterocycles. The summed E-state index contributed by atoms with van der Waals surface area (Å²) in [7, 11) is 0. The molecular weight excluding hydrogens is 272 g/mol.